The van der Waals surface area contributed by atoms with Crippen LogP contribution in [0, 0.1) is 0 Å². The molecule has 0 aliphatic carbocycles. The van der Waals surface area contributed by atoms with Crippen molar-refractivity contribution in [3.8, 4) is 0 Å². The third kappa shape index (κ3) is 4.95. The first-order chi connectivity index (χ1) is 13.8. The van der Waals surface area contributed by atoms with Crippen LogP contribution in [0.15, 0.2) is 52.0 Å². The van der Waals surface area contributed by atoms with Gasteiger partial charge < -0.3 is 10.2 Å². The summed E-state index contributed by atoms with van der Waals surface area (Å²) in [5.41, 5.74) is 0.471. The third-order valence-electron chi connectivity index (χ3n) is 4.13. The summed E-state index contributed by atoms with van der Waals surface area (Å²) in [7, 11) is 1.46. The van der Waals surface area contributed by atoms with Crippen LogP contribution in [-0.2, 0) is 16.1 Å². The van der Waals surface area contributed by atoms with Gasteiger partial charge in [-0.05, 0) is 30.3 Å². The number of aromatic nitrogens is 2. The minimum absolute atomic E-state index is 0.234. The number of fused-ring (bicyclic) bond motifs is 1. The number of benzene rings is 2. The van der Waals surface area contributed by atoms with Crippen molar-refractivity contribution in [3.63, 3.8) is 0 Å². The number of carbonyl (C=O) groups excluding carboxylic acids is 2. The van der Waals surface area contributed by atoms with E-state index in [1.807, 2.05) is 0 Å². The highest BCUT2D eigenvalue weighted by molar-refractivity contribution is 9.10. The van der Waals surface area contributed by atoms with Gasteiger partial charge in [-0.2, -0.15) is 0 Å². The Morgan fingerprint density at radius 3 is 2.59 bits per heavy atom. The van der Waals surface area contributed by atoms with Crippen LogP contribution in [-0.4, -0.2) is 39.9 Å². The van der Waals surface area contributed by atoms with Crippen molar-refractivity contribution in [1.82, 2.24) is 14.5 Å². The summed E-state index contributed by atoms with van der Waals surface area (Å²) in [5, 5.41) is 3.56. The van der Waals surface area contributed by atoms with E-state index < -0.39 is 11.8 Å². The van der Waals surface area contributed by atoms with E-state index in [4.69, 9.17) is 23.2 Å². The second-order valence-corrected chi connectivity index (χ2v) is 7.96. The van der Waals surface area contributed by atoms with Crippen LogP contribution in [0.25, 0.3) is 10.9 Å². The maximum absolute atomic E-state index is 12.6. The quantitative estimate of drug-likeness (QED) is 0.584. The first-order valence-corrected chi connectivity index (χ1v) is 9.93. The van der Waals surface area contributed by atoms with Crippen molar-refractivity contribution >= 4 is 67.5 Å². The van der Waals surface area contributed by atoms with Gasteiger partial charge in [0.1, 0.15) is 6.54 Å². The predicted octanol–water partition coefficient (Wildman–Crippen LogP) is 3.56. The lowest BCUT2D eigenvalue weighted by Gasteiger charge is -2.18. The molecule has 29 heavy (non-hydrogen) atoms. The average Bonchev–Trinajstić information content (AvgIpc) is 2.67. The van der Waals surface area contributed by atoms with E-state index in [1.54, 1.807) is 36.4 Å². The molecule has 10 heteroatoms. The number of nitrogens with one attached hydrogen (secondary N) is 1. The lowest BCUT2D eigenvalue weighted by molar-refractivity contribution is -0.133. The Kier molecular flexibility index (Phi) is 6.56. The normalized spacial score (nSPS) is 10.8. The molecule has 0 radical (unpaired) electrons. The molecule has 1 N–H and O–H groups in total. The van der Waals surface area contributed by atoms with E-state index in [0.717, 1.165) is 4.47 Å². The van der Waals surface area contributed by atoms with E-state index in [9.17, 15) is 14.4 Å². The van der Waals surface area contributed by atoms with Crippen LogP contribution in [0.3, 0.4) is 0 Å². The second kappa shape index (κ2) is 8.94. The highest BCUT2D eigenvalue weighted by Crippen LogP contribution is 2.29. The number of rotatable bonds is 5. The molecule has 7 nitrogen and oxygen atoms in total. The highest BCUT2D eigenvalue weighted by atomic mass is 79.9. The molecule has 0 atom stereocenters. The molecule has 1 aromatic heterocycles. The zero-order valence-corrected chi connectivity index (χ0v) is 18.3. The van der Waals surface area contributed by atoms with Crippen LogP contribution >= 0.6 is 39.1 Å². The molecule has 0 aliphatic rings. The molecule has 150 valence electrons. The smallest absolute Gasteiger partial charge is 0.261 e. The van der Waals surface area contributed by atoms with Gasteiger partial charge in [-0.3, -0.25) is 19.0 Å². The minimum Gasteiger partial charge on any atom is -0.335 e. The van der Waals surface area contributed by atoms with Crippen molar-refractivity contribution in [3.05, 3.63) is 67.6 Å². The van der Waals surface area contributed by atoms with Crippen LogP contribution in [0.5, 0.6) is 0 Å². The summed E-state index contributed by atoms with van der Waals surface area (Å²) in [6, 6.07) is 9.98. The van der Waals surface area contributed by atoms with E-state index in [2.05, 4.69) is 26.2 Å². The maximum Gasteiger partial charge on any atom is 0.261 e. The molecule has 2 amide bonds. The fourth-order valence-corrected chi connectivity index (χ4v) is 3.46. The lowest BCUT2D eigenvalue weighted by Crippen LogP contribution is -2.38. The van der Waals surface area contributed by atoms with Crippen molar-refractivity contribution in [2.75, 3.05) is 18.9 Å². The number of para-hydroxylation sites is 1. The molecule has 0 spiro atoms. The molecule has 0 saturated carbocycles. The fraction of sp³-hybridized carbons (Fsp3) is 0.158. The van der Waals surface area contributed by atoms with Gasteiger partial charge in [0.05, 0.1) is 39.5 Å². The van der Waals surface area contributed by atoms with Crippen molar-refractivity contribution in [2.24, 2.45) is 0 Å². The number of halogens is 3. The van der Waals surface area contributed by atoms with Gasteiger partial charge in [-0.25, -0.2) is 4.98 Å². The summed E-state index contributed by atoms with van der Waals surface area (Å²) < 4.78 is 1.94. The first-order valence-electron chi connectivity index (χ1n) is 8.39. The van der Waals surface area contributed by atoms with Crippen molar-refractivity contribution in [2.45, 2.75) is 6.54 Å². The van der Waals surface area contributed by atoms with Gasteiger partial charge in [-0.15, -0.1) is 0 Å². The summed E-state index contributed by atoms with van der Waals surface area (Å²) in [5.74, 6) is -0.896. The molecular weight excluding hydrogens is 483 g/mol. The fourth-order valence-electron chi connectivity index (χ4n) is 2.61. The van der Waals surface area contributed by atoms with Crippen LogP contribution in [0.2, 0.25) is 10.0 Å². The van der Waals surface area contributed by atoms with Gasteiger partial charge in [0, 0.05) is 11.5 Å². The molecule has 0 bridgehead atoms. The van der Waals surface area contributed by atoms with Crippen LogP contribution in [0.1, 0.15) is 0 Å². The Hall–Kier alpha value is -2.42. The molecule has 0 aliphatic heterocycles. The standard InChI is InChI=1S/C19H15BrCl2N4O3/c1-25(8-16(27)24-18-13(21)3-2-4-14(18)22)17(28)9-26-10-23-15-6-5-11(20)7-12(15)19(26)29/h2-7,10H,8-9H2,1H3,(H,24,27). The molecular formula is C19H15BrCl2N4O3. The van der Waals surface area contributed by atoms with E-state index in [-0.39, 0.29) is 24.3 Å². The van der Waals surface area contributed by atoms with E-state index in [1.165, 1.54) is 22.8 Å². The van der Waals surface area contributed by atoms with Gasteiger partial charge in [0.25, 0.3) is 5.56 Å². The average molecular weight is 498 g/mol. The number of nitrogens with zero attached hydrogens (tertiary/aromatic N) is 3. The Labute approximate surface area is 184 Å². The Balaban J connectivity index is 1.69. The summed E-state index contributed by atoms with van der Waals surface area (Å²) in [4.78, 5) is 42.7. The minimum atomic E-state index is -0.469. The summed E-state index contributed by atoms with van der Waals surface area (Å²) in [6.45, 7) is -0.480. The maximum atomic E-state index is 12.6. The van der Waals surface area contributed by atoms with Crippen LogP contribution in [0.4, 0.5) is 5.69 Å². The third-order valence-corrected chi connectivity index (χ3v) is 5.25. The molecule has 0 fully saturated rings. The van der Waals surface area contributed by atoms with Crippen molar-refractivity contribution < 1.29 is 9.59 Å². The Morgan fingerprint density at radius 1 is 1.21 bits per heavy atom. The molecule has 2 aromatic carbocycles. The van der Waals surface area contributed by atoms with Crippen LogP contribution < -0.4 is 10.9 Å². The SMILES string of the molecule is CN(CC(=O)Nc1c(Cl)cccc1Cl)C(=O)Cn1cnc2ccc(Br)cc2c1=O. The topological polar surface area (TPSA) is 84.3 Å². The van der Waals surface area contributed by atoms with Gasteiger partial charge in [-0.1, -0.05) is 45.2 Å². The molecule has 1 heterocycles. The molecule has 0 saturated heterocycles. The largest absolute Gasteiger partial charge is 0.335 e. The Bertz CT molecular complexity index is 1150. The molecule has 0 unspecified atom stereocenters. The second-order valence-electron chi connectivity index (χ2n) is 6.23. The van der Waals surface area contributed by atoms with Crippen molar-refractivity contribution in [1.29, 1.82) is 0 Å². The number of likely N-dealkylation sites (N-methyl/N-ethyl adjacent to an activating group) is 1. The molecule has 3 aromatic rings. The zero-order chi connectivity index (χ0) is 21.1. The van der Waals surface area contributed by atoms with Gasteiger partial charge in [0.15, 0.2) is 0 Å². The number of amides is 2. The van der Waals surface area contributed by atoms with Gasteiger partial charge >= 0.3 is 0 Å². The van der Waals surface area contributed by atoms with Gasteiger partial charge in [0.2, 0.25) is 11.8 Å². The first kappa shape index (κ1) is 21.3. The Morgan fingerprint density at radius 2 is 1.90 bits per heavy atom. The number of hydrogen-bond acceptors (Lipinski definition) is 4. The number of anilines is 1. The van der Waals surface area contributed by atoms with E-state index >= 15 is 0 Å². The number of carbonyl (C=O) groups is 2. The lowest BCUT2D eigenvalue weighted by atomic mass is 10.2. The predicted molar refractivity (Wildman–Crippen MR) is 116 cm³/mol. The monoisotopic (exact) mass is 496 g/mol. The van der Waals surface area contributed by atoms with E-state index in [0.29, 0.717) is 20.9 Å². The zero-order valence-electron chi connectivity index (χ0n) is 15.2. The number of hydrogen-bond donors (Lipinski definition) is 1. The summed E-state index contributed by atoms with van der Waals surface area (Å²) >= 11 is 15.4. The molecule has 3 rings (SSSR count). The summed E-state index contributed by atoms with van der Waals surface area (Å²) in [6.07, 6.45) is 1.31. The highest BCUT2D eigenvalue weighted by Gasteiger charge is 2.17.